The number of rotatable bonds is 4. The molecule has 1 fully saturated rings. The van der Waals surface area contributed by atoms with Gasteiger partial charge in [0.1, 0.15) is 10.8 Å². The van der Waals surface area contributed by atoms with Crippen molar-refractivity contribution in [1.82, 2.24) is 24.6 Å². The molecular weight excluding hydrogens is 392 g/mol. The molecule has 0 atom stereocenters. The van der Waals surface area contributed by atoms with Gasteiger partial charge in [0.15, 0.2) is 11.5 Å². The zero-order valence-electron chi connectivity index (χ0n) is 17.2. The summed E-state index contributed by atoms with van der Waals surface area (Å²) in [5.74, 6) is 0.564. The van der Waals surface area contributed by atoms with Crippen molar-refractivity contribution in [2.45, 2.75) is 26.2 Å². The van der Waals surface area contributed by atoms with Gasteiger partial charge in [-0.1, -0.05) is 0 Å². The molecule has 3 rings (SSSR count). The Morgan fingerprint density at radius 1 is 1.24 bits per heavy atom. The summed E-state index contributed by atoms with van der Waals surface area (Å²) >= 11 is 1.31. The number of piperidine rings is 1. The van der Waals surface area contributed by atoms with Crippen LogP contribution >= 0.6 is 11.5 Å². The maximum atomic E-state index is 11.6. The summed E-state index contributed by atoms with van der Waals surface area (Å²) in [4.78, 5) is 34.3. The molecule has 0 bridgehead atoms. The fourth-order valence-electron chi connectivity index (χ4n) is 2.69. The first-order chi connectivity index (χ1) is 13.8. The molecule has 2 aromatic heterocycles. The molecule has 0 aliphatic carbocycles. The van der Waals surface area contributed by atoms with Crippen molar-refractivity contribution in [3.05, 3.63) is 23.7 Å². The normalized spacial score (nSPS) is 13.2. The lowest BCUT2D eigenvalue weighted by Gasteiger charge is -2.27. The second-order valence-corrected chi connectivity index (χ2v) is 7.55. The van der Waals surface area contributed by atoms with Gasteiger partial charge in [0, 0.05) is 34.2 Å². The standard InChI is InChI=1S/C14H18N6OS.C4H10N2O/c1-9-7-11(22-19-9)18-14-12(13(15)21)16-8-10(17-14)20-5-3-2-4-6-20;1-5-4(7)6(2)3/h7-8H,2-6H2,1H3,(H2,15,21)(H,17,18);1-3H3,(H,5,7). The van der Waals surface area contributed by atoms with Gasteiger partial charge in [-0.25, -0.2) is 14.8 Å². The molecule has 1 saturated heterocycles. The minimum atomic E-state index is -0.596. The summed E-state index contributed by atoms with van der Waals surface area (Å²) < 4.78 is 4.20. The van der Waals surface area contributed by atoms with Gasteiger partial charge in [-0.05, 0) is 43.8 Å². The topological polar surface area (TPSA) is 129 Å². The molecule has 1 aliphatic heterocycles. The third-order valence-electron chi connectivity index (χ3n) is 4.16. The number of nitrogens with one attached hydrogen (secondary N) is 2. The third-order valence-corrected chi connectivity index (χ3v) is 4.96. The molecule has 29 heavy (non-hydrogen) atoms. The lowest BCUT2D eigenvalue weighted by molar-refractivity contribution is 0.0996. The fourth-order valence-corrected chi connectivity index (χ4v) is 3.35. The summed E-state index contributed by atoms with van der Waals surface area (Å²) in [7, 11) is 4.99. The van der Waals surface area contributed by atoms with E-state index >= 15 is 0 Å². The number of hydrogen-bond donors (Lipinski definition) is 3. The van der Waals surface area contributed by atoms with E-state index in [9.17, 15) is 9.59 Å². The number of anilines is 3. The van der Waals surface area contributed by atoms with E-state index in [-0.39, 0.29) is 11.7 Å². The van der Waals surface area contributed by atoms with E-state index in [1.807, 2.05) is 13.0 Å². The highest BCUT2D eigenvalue weighted by Crippen LogP contribution is 2.25. The number of aromatic nitrogens is 3. The summed E-state index contributed by atoms with van der Waals surface area (Å²) in [6.45, 7) is 3.83. The number of amides is 3. The average molecular weight is 421 g/mol. The van der Waals surface area contributed by atoms with Crippen molar-refractivity contribution in [2.24, 2.45) is 5.73 Å². The third kappa shape index (κ3) is 6.56. The second-order valence-electron chi connectivity index (χ2n) is 6.74. The lowest BCUT2D eigenvalue weighted by Crippen LogP contribution is -2.31. The van der Waals surface area contributed by atoms with Crippen LogP contribution < -0.4 is 21.3 Å². The van der Waals surface area contributed by atoms with Crippen LogP contribution in [-0.2, 0) is 0 Å². The minimum absolute atomic E-state index is 0.0694. The van der Waals surface area contributed by atoms with Crippen LogP contribution in [0.1, 0.15) is 35.4 Å². The van der Waals surface area contributed by atoms with Crippen LogP contribution in [0.5, 0.6) is 0 Å². The zero-order chi connectivity index (χ0) is 21.4. The van der Waals surface area contributed by atoms with Gasteiger partial charge < -0.3 is 26.2 Å². The van der Waals surface area contributed by atoms with E-state index in [0.717, 1.165) is 42.4 Å². The molecule has 4 N–H and O–H groups in total. The van der Waals surface area contributed by atoms with Crippen LogP contribution in [0.2, 0.25) is 0 Å². The number of carbonyl (C=O) groups is 2. The number of carbonyl (C=O) groups excluding carboxylic acids is 2. The van der Waals surface area contributed by atoms with E-state index in [4.69, 9.17) is 5.73 Å². The zero-order valence-corrected chi connectivity index (χ0v) is 18.0. The van der Waals surface area contributed by atoms with Crippen LogP contribution in [0.3, 0.4) is 0 Å². The second kappa shape index (κ2) is 10.6. The lowest BCUT2D eigenvalue weighted by atomic mass is 10.1. The molecule has 3 amide bonds. The highest BCUT2D eigenvalue weighted by Gasteiger charge is 2.18. The van der Waals surface area contributed by atoms with Crippen molar-refractivity contribution in [3.8, 4) is 0 Å². The first kappa shape index (κ1) is 22.3. The first-order valence-electron chi connectivity index (χ1n) is 9.33. The summed E-state index contributed by atoms with van der Waals surface area (Å²) in [5, 5.41) is 6.37. The predicted molar refractivity (Wildman–Crippen MR) is 115 cm³/mol. The van der Waals surface area contributed by atoms with Crippen LogP contribution in [0.15, 0.2) is 12.3 Å². The number of nitrogens with two attached hydrogens (primary N) is 1. The van der Waals surface area contributed by atoms with Crippen molar-refractivity contribution in [2.75, 3.05) is 44.4 Å². The van der Waals surface area contributed by atoms with Gasteiger partial charge in [-0.2, -0.15) is 4.37 Å². The summed E-state index contributed by atoms with van der Waals surface area (Å²) in [6.07, 6.45) is 5.16. The van der Waals surface area contributed by atoms with Gasteiger partial charge in [0.25, 0.3) is 5.91 Å². The van der Waals surface area contributed by atoms with E-state index < -0.39 is 5.91 Å². The molecule has 158 valence electrons. The van der Waals surface area contributed by atoms with Crippen LogP contribution in [-0.4, -0.2) is 65.4 Å². The summed E-state index contributed by atoms with van der Waals surface area (Å²) in [5.41, 5.74) is 6.45. The molecule has 3 heterocycles. The monoisotopic (exact) mass is 420 g/mol. The Morgan fingerprint density at radius 2 is 1.93 bits per heavy atom. The molecule has 11 heteroatoms. The van der Waals surface area contributed by atoms with Gasteiger partial charge in [0.05, 0.1) is 11.9 Å². The number of hydrogen-bond acceptors (Lipinski definition) is 8. The van der Waals surface area contributed by atoms with Gasteiger partial charge in [-0.3, -0.25) is 4.79 Å². The quantitative estimate of drug-likeness (QED) is 0.689. The van der Waals surface area contributed by atoms with E-state index in [2.05, 4.69) is 29.9 Å². The Morgan fingerprint density at radius 3 is 2.41 bits per heavy atom. The van der Waals surface area contributed by atoms with Crippen molar-refractivity contribution >= 4 is 40.1 Å². The number of urea groups is 1. The van der Waals surface area contributed by atoms with Gasteiger partial charge in [0.2, 0.25) is 0 Å². The van der Waals surface area contributed by atoms with E-state index in [1.54, 1.807) is 27.3 Å². The minimum Gasteiger partial charge on any atom is -0.364 e. The van der Waals surface area contributed by atoms with E-state index in [1.165, 1.54) is 22.9 Å². The molecule has 0 radical (unpaired) electrons. The predicted octanol–water partition coefficient (Wildman–Crippen LogP) is 1.96. The maximum absolute atomic E-state index is 11.6. The highest BCUT2D eigenvalue weighted by molar-refractivity contribution is 7.10. The fraction of sp³-hybridized carbons (Fsp3) is 0.500. The number of nitrogens with zero attached hydrogens (tertiary/aromatic N) is 5. The molecule has 0 saturated carbocycles. The average Bonchev–Trinajstić information content (AvgIpc) is 3.12. The number of aryl methyl sites for hydroxylation is 1. The largest absolute Gasteiger partial charge is 0.364 e. The molecule has 2 aromatic rings. The number of primary amides is 1. The van der Waals surface area contributed by atoms with Crippen molar-refractivity contribution < 1.29 is 9.59 Å². The maximum Gasteiger partial charge on any atom is 0.316 e. The molecule has 0 spiro atoms. The highest BCUT2D eigenvalue weighted by atomic mass is 32.1. The molecule has 1 aliphatic rings. The van der Waals surface area contributed by atoms with Crippen LogP contribution in [0, 0.1) is 6.92 Å². The van der Waals surface area contributed by atoms with Crippen molar-refractivity contribution in [3.63, 3.8) is 0 Å². The molecular formula is C18H28N8O2S. The van der Waals surface area contributed by atoms with Crippen LogP contribution in [0.25, 0.3) is 0 Å². The van der Waals surface area contributed by atoms with Gasteiger partial charge >= 0.3 is 6.03 Å². The molecule has 0 unspecified atom stereocenters. The Labute approximate surface area is 174 Å². The van der Waals surface area contributed by atoms with Crippen molar-refractivity contribution in [1.29, 1.82) is 0 Å². The Bertz CT molecular complexity index is 833. The Balaban J connectivity index is 0.000000370. The van der Waals surface area contributed by atoms with Gasteiger partial charge in [-0.15, -0.1) is 0 Å². The van der Waals surface area contributed by atoms with Crippen LogP contribution in [0.4, 0.5) is 21.4 Å². The smallest absolute Gasteiger partial charge is 0.316 e. The Hall–Kier alpha value is -2.95. The SMILES string of the molecule is CNC(=O)N(C)C.Cc1cc(Nc2nc(N3CCCCC3)cnc2C(N)=O)sn1. The Kier molecular flexibility index (Phi) is 8.13. The summed E-state index contributed by atoms with van der Waals surface area (Å²) in [6, 6.07) is 1.82. The molecule has 0 aromatic carbocycles. The first-order valence-corrected chi connectivity index (χ1v) is 10.1. The molecule has 10 nitrogen and oxygen atoms in total. The van der Waals surface area contributed by atoms with E-state index in [0.29, 0.717) is 5.82 Å².